The molecule has 3 aliphatic rings. The highest BCUT2D eigenvalue weighted by atomic mass is 32.2. The molecule has 1 heterocycles. The minimum Gasteiger partial charge on any atom is -0.351 e. The lowest BCUT2D eigenvalue weighted by Gasteiger charge is -2.36. The van der Waals surface area contributed by atoms with E-state index in [9.17, 15) is 14.4 Å². The first-order chi connectivity index (χ1) is 11.6. The number of thioether (sulfide) groups is 1. The Morgan fingerprint density at radius 1 is 1.04 bits per heavy atom. The van der Waals surface area contributed by atoms with Crippen molar-refractivity contribution in [3.05, 3.63) is 0 Å². The number of hydrogen-bond acceptors (Lipinski definition) is 4. The molecule has 24 heavy (non-hydrogen) atoms. The van der Waals surface area contributed by atoms with Crippen molar-refractivity contribution in [1.82, 2.24) is 10.2 Å². The fourth-order valence-electron chi connectivity index (χ4n) is 4.36. The van der Waals surface area contributed by atoms with Crippen molar-refractivity contribution in [1.29, 1.82) is 0 Å². The smallest absolute Gasteiger partial charge is 0.289 e. The Hall–Kier alpha value is -1.04. The average molecular weight is 353 g/mol. The van der Waals surface area contributed by atoms with Crippen LogP contribution >= 0.6 is 11.8 Å². The molecule has 5 nitrogen and oxygen atoms in total. The molecule has 0 aromatic rings. The van der Waals surface area contributed by atoms with Gasteiger partial charge in [-0.15, -0.1) is 0 Å². The molecular weight excluding hydrogens is 324 g/mol. The zero-order chi connectivity index (χ0) is 16.9. The molecule has 6 heteroatoms. The molecule has 0 bridgehead atoms. The van der Waals surface area contributed by atoms with Crippen LogP contribution in [0.5, 0.6) is 0 Å². The minimum atomic E-state index is -0.146. The van der Waals surface area contributed by atoms with Crippen molar-refractivity contribution in [2.45, 2.75) is 82.7 Å². The van der Waals surface area contributed by atoms with Crippen LogP contribution in [0.2, 0.25) is 0 Å². The fraction of sp³-hybridized carbons (Fsp3) is 0.833. The largest absolute Gasteiger partial charge is 0.351 e. The van der Waals surface area contributed by atoms with Gasteiger partial charge in [-0.05, 0) is 25.2 Å². The van der Waals surface area contributed by atoms with E-state index in [1.807, 2.05) is 0 Å². The van der Waals surface area contributed by atoms with E-state index in [1.165, 1.54) is 37.0 Å². The van der Waals surface area contributed by atoms with Crippen LogP contribution in [0, 0.1) is 5.92 Å². The van der Waals surface area contributed by atoms with Crippen molar-refractivity contribution in [3.63, 3.8) is 0 Å². The van der Waals surface area contributed by atoms with E-state index >= 15 is 0 Å². The highest BCUT2D eigenvalue weighted by Crippen LogP contribution is 2.31. The van der Waals surface area contributed by atoms with Crippen LogP contribution in [-0.4, -0.2) is 39.8 Å². The molecule has 2 aliphatic carbocycles. The van der Waals surface area contributed by atoms with Gasteiger partial charge >= 0.3 is 0 Å². The number of amides is 3. The summed E-state index contributed by atoms with van der Waals surface area (Å²) in [4.78, 5) is 37.8. The molecule has 0 aromatic carbocycles. The summed E-state index contributed by atoms with van der Waals surface area (Å²) in [6, 6.07) is -0.211. The number of carbonyl (C=O) groups excluding carboxylic acids is 3. The zero-order valence-corrected chi connectivity index (χ0v) is 15.1. The molecule has 1 N–H and O–H groups in total. The number of hydrogen-bond donors (Lipinski definition) is 1. The zero-order valence-electron chi connectivity index (χ0n) is 14.3. The van der Waals surface area contributed by atoms with Gasteiger partial charge in [0, 0.05) is 12.5 Å². The standard InChI is InChI=1S/C18H28N2O3S/c21-16(11-10-13-6-2-1-3-7-13)19-14-8-4-5-9-15(14)20-17(22)12-24-18(20)23/h13-15H,1-12H2,(H,19,21). The Balaban J connectivity index is 1.52. The number of nitrogens with one attached hydrogen (secondary N) is 1. The molecule has 3 fully saturated rings. The Morgan fingerprint density at radius 3 is 2.46 bits per heavy atom. The Bertz CT molecular complexity index is 475. The van der Waals surface area contributed by atoms with Gasteiger partial charge in [-0.2, -0.15) is 0 Å². The molecule has 1 aliphatic heterocycles. The van der Waals surface area contributed by atoms with Crippen LogP contribution in [-0.2, 0) is 9.59 Å². The van der Waals surface area contributed by atoms with Crippen molar-refractivity contribution < 1.29 is 14.4 Å². The van der Waals surface area contributed by atoms with Gasteiger partial charge in [0.05, 0.1) is 11.8 Å². The maximum absolute atomic E-state index is 12.4. The third-order valence-corrected chi connectivity index (χ3v) is 6.53. The summed E-state index contributed by atoms with van der Waals surface area (Å²) >= 11 is 1.08. The predicted octanol–water partition coefficient (Wildman–Crippen LogP) is 3.47. The van der Waals surface area contributed by atoms with Crippen molar-refractivity contribution >= 4 is 28.8 Å². The first kappa shape index (κ1) is 17.8. The van der Waals surface area contributed by atoms with E-state index in [4.69, 9.17) is 0 Å². The Kier molecular flexibility index (Phi) is 6.19. The van der Waals surface area contributed by atoms with Gasteiger partial charge in [0.25, 0.3) is 5.24 Å². The first-order valence-electron chi connectivity index (χ1n) is 9.43. The molecule has 1 saturated heterocycles. The highest BCUT2D eigenvalue weighted by Gasteiger charge is 2.41. The van der Waals surface area contributed by atoms with Gasteiger partial charge in [-0.25, -0.2) is 0 Å². The topological polar surface area (TPSA) is 66.5 Å². The lowest BCUT2D eigenvalue weighted by Crippen LogP contribution is -2.54. The predicted molar refractivity (Wildman–Crippen MR) is 94.7 cm³/mol. The molecule has 0 aromatic heterocycles. The number of imide groups is 1. The lowest BCUT2D eigenvalue weighted by molar-refractivity contribution is -0.129. The van der Waals surface area contributed by atoms with E-state index in [0.717, 1.165) is 43.9 Å². The number of nitrogens with zero attached hydrogens (tertiary/aromatic N) is 1. The molecule has 3 amide bonds. The van der Waals surface area contributed by atoms with Crippen LogP contribution in [0.4, 0.5) is 4.79 Å². The molecule has 2 unspecified atom stereocenters. The molecule has 2 saturated carbocycles. The lowest BCUT2D eigenvalue weighted by atomic mass is 9.85. The summed E-state index contributed by atoms with van der Waals surface area (Å²) in [5.41, 5.74) is 0. The number of rotatable bonds is 5. The van der Waals surface area contributed by atoms with E-state index in [1.54, 1.807) is 0 Å². The van der Waals surface area contributed by atoms with Crippen LogP contribution in [0.15, 0.2) is 0 Å². The molecular formula is C18H28N2O3S. The first-order valence-corrected chi connectivity index (χ1v) is 10.4. The van der Waals surface area contributed by atoms with Gasteiger partial charge in [-0.3, -0.25) is 19.3 Å². The van der Waals surface area contributed by atoms with Gasteiger partial charge in [0.1, 0.15) is 0 Å². The number of carbonyl (C=O) groups is 3. The molecule has 0 spiro atoms. The van der Waals surface area contributed by atoms with Gasteiger partial charge in [0.15, 0.2) is 0 Å². The monoisotopic (exact) mass is 352 g/mol. The maximum Gasteiger partial charge on any atom is 0.289 e. The normalized spacial score (nSPS) is 29.1. The van der Waals surface area contributed by atoms with Crippen molar-refractivity contribution in [3.8, 4) is 0 Å². The SMILES string of the molecule is O=C(CCC1CCCCC1)NC1CCCCC1N1C(=O)CSC1=O. The summed E-state index contributed by atoms with van der Waals surface area (Å²) in [6.07, 6.45) is 11.7. The second-order valence-corrected chi connectivity index (χ2v) is 8.31. The summed E-state index contributed by atoms with van der Waals surface area (Å²) in [6.45, 7) is 0. The van der Waals surface area contributed by atoms with Crippen LogP contribution < -0.4 is 5.32 Å². The summed E-state index contributed by atoms with van der Waals surface area (Å²) < 4.78 is 0. The van der Waals surface area contributed by atoms with Gasteiger partial charge in [0.2, 0.25) is 11.8 Å². The van der Waals surface area contributed by atoms with Crippen LogP contribution in [0.1, 0.15) is 70.6 Å². The van der Waals surface area contributed by atoms with E-state index in [-0.39, 0.29) is 34.9 Å². The second kappa shape index (κ2) is 8.37. The van der Waals surface area contributed by atoms with E-state index in [0.29, 0.717) is 12.3 Å². The van der Waals surface area contributed by atoms with E-state index < -0.39 is 0 Å². The third kappa shape index (κ3) is 4.32. The maximum atomic E-state index is 12.4. The second-order valence-electron chi connectivity index (χ2n) is 7.39. The summed E-state index contributed by atoms with van der Waals surface area (Å²) in [5, 5.41) is 2.99. The fourth-order valence-corrected chi connectivity index (χ4v) is 5.13. The highest BCUT2D eigenvalue weighted by molar-refractivity contribution is 8.14. The Morgan fingerprint density at radius 2 is 1.75 bits per heavy atom. The minimum absolute atomic E-state index is 0.0656. The summed E-state index contributed by atoms with van der Waals surface area (Å²) in [5.74, 6) is 0.935. The van der Waals surface area contributed by atoms with Crippen LogP contribution in [0.3, 0.4) is 0 Å². The average Bonchev–Trinajstić information content (AvgIpc) is 2.93. The van der Waals surface area contributed by atoms with E-state index in [2.05, 4.69) is 5.32 Å². The molecule has 3 rings (SSSR count). The summed E-state index contributed by atoms with van der Waals surface area (Å²) in [7, 11) is 0. The molecule has 2 atom stereocenters. The van der Waals surface area contributed by atoms with Gasteiger partial charge in [-0.1, -0.05) is 56.7 Å². The molecule has 0 radical (unpaired) electrons. The quantitative estimate of drug-likeness (QED) is 0.823. The molecule has 134 valence electrons. The Labute approximate surface area is 148 Å². The van der Waals surface area contributed by atoms with Crippen molar-refractivity contribution in [2.75, 3.05) is 5.75 Å². The van der Waals surface area contributed by atoms with Crippen LogP contribution in [0.25, 0.3) is 0 Å². The van der Waals surface area contributed by atoms with Crippen molar-refractivity contribution in [2.24, 2.45) is 5.92 Å². The third-order valence-electron chi connectivity index (χ3n) is 5.70. The van der Waals surface area contributed by atoms with Gasteiger partial charge < -0.3 is 5.32 Å².